The van der Waals surface area contributed by atoms with Gasteiger partial charge in [0.1, 0.15) is 6.61 Å². The van der Waals surface area contributed by atoms with E-state index in [1.54, 1.807) is 18.4 Å². The molecule has 0 N–H and O–H groups in total. The minimum absolute atomic E-state index is 0.0184. The van der Waals surface area contributed by atoms with Crippen molar-refractivity contribution in [2.24, 2.45) is 0 Å². The van der Waals surface area contributed by atoms with Crippen LogP contribution in [0, 0.1) is 0 Å². The normalized spacial score (nSPS) is 17.2. The predicted octanol–water partition coefficient (Wildman–Crippen LogP) is 2.69. The molecular weight excluding hydrogens is 400 g/mol. The van der Waals surface area contributed by atoms with Gasteiger partial charge < -0.3 is 14.5 Å². The highest BCUT2D eigenvalue weighted by atomic mass is 32.1. The van der Waals surface area contributed by atoms with Gasteiger partial charge in [-0.25, -0.2) is 9.38 Å². The van der Waals surface area contributed by atoms with Crippen molar-refractivity contribution in [1.29, 1.82) is 0 Å². The van der Waals surface area contributed by atoms with Crippen molar-refractivity contribution in [3.63, 3.8) is 0 Å². The molecule has 1 saturated heterocycles. The van der Waals surface area contributed by atoms with Crippen LogP contribution in [0.15, 0.2) is 41.8 Å². The summed E-state index contributed by atoms with van der Waals surface area (Å²) >= 11 is 1.63. The Balaban J connectivity index is 1.61. The fraction of sp³-hybridized carbons (Fsp3) is 0.333. The standard InChI is InChI=1S/C21H22N6O2S/c1-14-12-25(9-10-26(14)18(28)13-29-2)21-22-16-7-4-3-6-15(16)19-23-24-20(27(19)21)17-8-5-11-30-17/h3-8,11,14H,9-10,12-13H2,1-2H3. The van der Waals surface area contributed by atoms with E-state index in [1.165, 1.54) is 0 Å². The summed E-state index contributed by atoms with van der Waals surface area (Å²) in [5.74, 6) is 1.62. The van der Waals surface area contributed by atoms with E-state index >= 15 is 0 Å². The van der Waals surface area contributed by atoms with Crippen LogP contribution in [-0.2, 0) is 9.53 Å². The Kier molecular flexibility index (Phi) is 4.84. The third-order valence-corrected chi connectivity index (χ3v) is 6.33. The molecule has 1 fully saturated rings. The molecule has 9 heteroatoms. The lowest BCUT2D eigenvalue weighted by Gasteiger charge is -2.40. The molecule has 0 saturated carbocycles. The van der Waals surface area contributed by atoms with Gasteiger partial charge in [-0.3, -0.25) is 4.79 Å². The summed E-state index contributed by atoms with van der Waals surface area (Å²) in [5.41, 5.74) is 1.68. The molecular formula is C21H22N6O2S. The number of rotatable bonds is 4. The molecule has 1 unspecified atom stereocenters. The second-order valence-corrected chi connectivity index (χ2v) is 8.35. The van der Waals surface area contributed by atoms with E-state index < -0.39 is 0 Å². The number of amides is 1. The Labute approximate surface area is 177 Å². The first-order valence-electron chi connectivity index (χ1n) is 9.88. The van der Waals surface area contributed by atoms with Gasteiger partial charge in [-0.1, -0.05) is 18.2 Å². The lowest BCUT2D eigenvalue weighted by Crippen LogP contribution is -2.55. The van der Waals surface area contributed by atoms with Crippen molar-refractivity contribution in [1.82, 2.24) is 24.5 Å². The smallest absolute Gasteiger partial charge is 0.248 e. The van der Waals surface area contributed by atoms with Crippen LogP contribution >= 0.6 is 11.3 Å². The third kappa shape index (κ3) is 3.10. The van der Waals surface area contributed by atoms with Gasteiger partial charge in [-0.15, -0.1) is 21.5 Å². The van der Waals surface area contributed by atoms with Crippen molar-refractivity contribution in [2.75, 3.05) is 38.3 Å². The fourth-order valence-electron chi connectivity index (χ4n) is 4.06. The first kappa shape index (κ1) is 19.0. The number of thiophene rings is 1. The molecule has 1 aromatic carbocycles. The highest BCUT2D eigenvalue weighted by molar-refractivity contribution is 7.13. The number of para-hydroxylation sites is 1. The largest absolute Gasteiger partial charge is 0.375 e. The number of ether oxygens (including phenoxy) is 1. The van der Waals surface area contributed by atoms with Crippen LogP contribution in [0.4, 0.5) is 5.95 Å². The third-order valence-electron chi connectivity index (χ3n) is 5.47. The summed E-state index contributed by atoms with van der Waals surface area (Å²) in [5, 5.41) is 12.0. The van der Waals surface area contributed by atoms with Crippen LogP contribution in [-0.4, -0.2) is 69.8 Å². The van der Waals surface area contributed by atoms with Gasteiger partial charge in [0, 0.05) is 38.2 Å². The number of aromatic nitrogens is 4. The second-order valence-electron chi connectivity index (χ2n) is 7.40. The highest BCUT2D eigenvalue weighted by Gasteiger charge is 2.30. The van der Waals surface area contributed by atoms with Gasteiger partial charge in [0.2, 0.25) is 11.9 Å². The quantitative estimate of drug-likeness (QED) is 0.503. The molecule has 0 bridgehead atoms. The molecule has 154 valence electrons. The number of carbonyl (C=O) groups is 1. The van der Waals surface area contributed by atoms with Gasteiger partial charge in [0.15, 0.2) is 11.5 Å². The predicted molar refractivity (Wildman–Crippen MR) is 117 cm³/mol. The second kappa shape index (κ2) is 7.66. The summed E-state index contributed by atoms with van der Waals surface area (Å²) in [4.78, 5) is 22.5. The number of hydrogen-bond donors (Lipinski definition) is 0. The van der Waals surface area contributed by atoms with Crippen LogP contribution in [0.2, 0.25) is 0 Å². The average Bonchev–Trinajstić information content (AvgIpc) is 3.43. The molecule has 0 radical (unpaired) electrons. The summed E-state index contributed by atoms with van der Waals surface area (Å²) in [6, 6.07) is 12.1. The van der Waals surface area contributed by atoms with Crippen LogP contribution in [0.25, 0.3) is 27.3 Å². The lowest BCUT2D eigenvalue weighted by molar-refractivity contribution is -0.137. The maximum absolute atomic E-state index is 12.4. The Morgan fingerprint density at radius 2 is 2.07 bits per heavy atom. The zero-order chi connectivity index (χ0) is 20.7. The van der Waals surface area contributed by atoms with Crippen molar-refractivity contribution in [3.05, 3.63) is 41.8 Å². The average molecular weight is 423 g/mol. The van der Waals surface area contributed by atoms with E-state index in [2.05, 4.69) is 22.0 Å². The minimum Gasteiger partial charge on any atom is -0.375 e. The molecule has 4 heterocycles. The van der Waals surface area contributed by atoms with Crippen molar-refractivity contribution in [3.8, 4) is 10.7 Å². The molecule has 1 aliphatic heterocycles. The summed E-state index contributed by atoms with van der Waals surface area (Å²) in [7, 11) is 1.55. The number of fused-ring (bicyclic) bond motifs is 3. The zero-order valence-electron chi connectivity index (χ0n) is 16.9. The molecule has 1 amide bonds. The summed E-state index contributed by atoms with van der Waals surface area (Å²) in [6.07, 6.45) is 0. The molecule has 0 aliphatic carbocycles. The maximum atomic E-state index is 12.4. The number of methoxy groups -OCH3 is 1. The van der Waals surface area contributed by atoms with E-state index in [0.29, 0.717) is 19.6 Å². The van der Waals surface area contributed by atoms with E-state index in [9.17, 15) is 4.79 Å². The number of hydrogen-bond acceptors (Lipinski definition) is 7. The van der Waals surface area contributed by atoms with Crippen LogP contribution in [0.5, 0.6) is 0 Å². The molecule has 3 aromatic heterocycles. The molecule has 5 rings (SSSR count). The molecule has 8 nitrogen and oxygen atoms in total. The van der Waals surface area contributed by atoms with Gasteiger partial charge >= 0.3 is 0 Å². The van der Waals surface area contributed by atoms with Gasteiger partial charge in [-0.05, 0) is 30.5 Å². The van der Waals surface area contributed by atoms with Crippen LogP contribution in [0.1, 0.15) is 6.92 Å². The first-order valence-corrected chi connectivity index (χ1v) is 10.8. The molecule has 1 atom stereocenters. The molecule has 30 heavy (non-hydrogen) atoms. The van der Waals surface area contributed by atoms with Crippen molar-refractivity contribution in [2.45, 2.75) is 13.0 Å². The zero-order valence-corrected chi connectivity index (χ0v) is 17.7. The van der Waals surface area contributed by atoms with E-state index in [4.69, 9.17) is 9.72 Å². The van der Waals surface area contributed by atoms with Gasteiger partial charge in [-0.2, -0.15) is 0 Å². The highest BCUT2D eigenvalue weighted by Crippen LogP contribution is 2.31. The van der Waals surface area contributed by atoms with Crippen molar-refractivity contribution >= 4 is 39.7 Å². The molecule has 4 aromatic rings. The number of piperazine rings is 1. The van der Waals surface area contributed by atoms with Crippen LogP contribution < -0.4 is 4.90 Å². The number of anilines is 1. The SMILES string of the molecule is COCC(=O)N1CCN(c2nc3ccccc3c3nnc(-c4cccs4)n23)CC1C. The molecule has 1 aliphatic rings. The Morgan fingerprint density at radius 3 is 2.83 bits per heavy atom. The van der Waals surface area contributed by atoms with E-state index in [1.807, 2.05) is 51.1 Å². The van der Waals surface area contributed by atoms with Gasteiger partial charge in [0.25, 0.3) is 0 Å². The Bertz CT molecular complexity index is 1210. The van der Waals surface area contributed by atoms with Gasteiger partial charge in [0.05, 0.1) is 10.4 Å². The number of carbonyl (C=O) groups excluding carboxylic acids is 1. The first-order chi connectivity index (χ1) is 14.7. The van der Waals surface area contributed by atoms with Crippen LogP contribution in [0.3, 0.4) is 0 Å². The summed E-state index contributed by atoms with van der Waals surface area (Å²) in [6.45, 7) is 4.15. The minimum atomic E-state index is 0.0184. The molecule has 0 spiro atoms. The maximum Gasteiger partial charge on any atom is 0.248 e. The lowest BCUT2D eigenvalue weighted by atomic mass is 10.2. The van der Waals surface area contributed by atoms with E-state index in [-0.39, 0.29) is 18.6 Å². The fourth-order valence-corrected chi connectivity index (χ4v) is 4.76. The monoisotopic (exact) mass is 422 g/mol. The Hall–Kier alpha value is -3.04. The number of benzene rings is 1. The number of nitrogens with zero attached hydrogens (tertiary/aromatic N) is 6. The topological polar surface area (TPSA) is 75.9 Å². The summed E-state index contributed by atoms with van der Waals surface area (Å²) < 4.78 is 7.08. The van der Waals surface area contributed by atoms with Crippen molar-refractivity contribution < 1.29 is 9.53 Å². The van der Waals surface area contributed by atoms with E-state index in [0.717, 1.165) is 33.2 Å². The Morgan fingerprint density at radius 1 is 1.20 bits per heavy atom.